The highest BCUT2D eigenvalue weighted by Crippen LogP contribution is 2.32. The number of fused-ring (bicyclic) bond motifs is 2. The van der Waals surface area contributed by atoms with Crippen LogP contribution in [-0.2, 0) is 22.7 Å². The monoisotopic (exact) mass is 356 g/mol. The molecule has 0 saturated carbocycles. The summed E-state index contributed by atoms with van der Waals surface area (Å²) in [7, 11) is 0. The minimum absolute atomic E-state index is 0.0240. The van der Waals surface area contributed by atoms with Crippen LogP contribution < -0.4 is 4.74 Å². The molecule has 0 unspecified atom stereocenters. The van der Waals surface area contributed by atoms with Crippen LogP contribution in [0.25, 0.3) is 11.0 Å². The molecule has 126 valence electrons. The number of esters is 1. The van der Waals surface area contributed by atoms with Gasteiger partial charge in [0.25, 0.3) is 0 Å². The Morgan fingerprint density at radius 2 is 2.08 bits per heavy atom. The summed E-state index contributed by atoms with van der Waals surface area (Å²) in [5.41, 5.74) is 3.02. The zero-order chi connectivity index (χ0) is 17.2. The van der Waals surface area contributed by atoms with Crippen molar-refractivity contribution in [1.82, 2.24) is 9.97 Å². The number of aromatic nitrogens is 2. The van der Waals surface area contributed by atoms with Crippen molar-refractivity contribution < 1.29 is 19.0 Å². The summed E-state index contributed by atoms with van der Waals surface area (Å²) < 4.78 is 16.1. The Labute approximate surface area is 148 Å². The Morgan fingerprint density at radius 3 is 2.96 bits per heavy atom. The number of para-hydroxylation sites is 2. The first kappa shape index (κ1) is 15.8. The summed E-state index contributed by atoms with van der Waals surface area (Å²) in [5, 5.41) is 0.532. The number of nitrogens with zero attached hydrogens (tertiary/aromatic N) is 2. The molecule has 0 aliphatic carbocycles. The van der Waals surface area contributed by atoms with Gasteiger partial charge >= 0.3 is 5.97 Å². The molecule has 7 heteroatoms. The Balaban J connectivity index is 1.54. The molecule has 1 aromatic heterocycles. The number of halogens is 1. The Bertz CT molecular complexity index is 961. The van der Waals surface area contributed by atoms with E-state index in [0.717, 1.165) is 11.1 Å². The SMILES string of the molecule is O=C(OCc1cc(Cl)cc2c1OCOC2)c1cnc2ccccc2n1. The average Bonchev–Trinajstić information content (AvgIpc) is 2.65. The lowest BCUT2D eigenvalue weighted by atomic mass is 10.1. The lowest BCUT2D eigenvalue weighted by Crippen LogP contribution is -2.14. The van der Waals surface area contributed by atoms with Crippen LogP contribution in [0.1, 0.15) is 21.6 Å². The van der Waals surface area contributed by atoms with E-state index in [1.54, 1.807) is 18.2 Å². The number of rotatable bonds is 3. The molecule has 2 heterocycles. The molecule has 3 aromatic rings. The van der Waals surface area contributed by atoms with Crippen LogP contribution in [-0.4, -0.2) is 22.7 Å². The molecule has 25 heavy (non-hydrogen) atoms. The zero-order valence-corrected chi connectivity index (χ0v) is 13.8. The van der Waals surface area contributed by atoms with Gasteiger partial charge in [-0.3, -0.25) is 4.98 Å². The molecule has 0 N–H and O–H groups in total. The van der Waals surface area contributed by atoms with E-state index in [1.807, 2.05) is 18.2 Å². The smallest absolute Gasteiger partial charge is 0.358 e. The number of benzene rings is 2. The van der Waals surface area contributed by atoms with Crippen molar-refractivity contribution in [2.75, 3.05) is 6.79 Å². The van der Waals surface area contributed by atoms with Gasteiger partial charge in [0.15, 0.2) is 12.5 Å². The number of hydrogen-bond donors (Lipinski definition) is 0. The van der Waals surface area contributed by atoms with Crippen molar-refractivity contribution in [2.45, 2.75) is 13.2 Å². The number of hydrogen-bond acceptors (Lipinski definition) is 6. The zero-order valence-electron chi connectivity index (χ0n) is 13.1. The van der Waals surface area contributed by atoms with Gasteiger partial charge in [0.2, 0.25) is 0 Å². The van der Waals surface area contributed by atoms with Crippen LogP contribution in [0.5, 0.6) is 5.75 Å². The molecule has 0 fully saturated rings. The van der Waals surface area contributed by atoms with E-state index in [4.69, 9.17) is 25.8 Å². The summed E-state index contributed by atoms with van der Waals surface area (Å²) in [6, 6.07) is 10.8. The van der Waals surface area contributed by atoms with Gasteiger partial charge in [-0.1, -0.05) is 23.7 Å². The van der Waals surface area contributed by atoms with Crippen LogP contribution in [0.3, 0.4) is 0 Å². The third-order valence-corrected chi connectivity index (χ3v) is 3.99. The maximum Gasteiger partial charge on any atom is 0.358 e. The normalized spacial score (nSPS) is 13.2. The fourth-order valence-electron chi connectivity index (χ4n) is 2.64. The standard InChI is InChI=1S/C18H13ClN2O4/c19-13-5-11-8-23-10-25-17(11)12(6-13)9-24-18(22)16-7-20-14-3-1-2-4-15(14)21-16/h1-7H,8-10H2. The molecule has 2 aromatic carbocycles. The van der Waals surface area contributed by atoms with Crippen molar-refractivity contribution >= 4 is 28.6 Å². The molecule has 6 nitrogen and oxygen atoms in total. The van der Waals surface area contributed by atoms with E-state index in [-0.39, 0.29) is 19.1 Å². The number of carbonyl (C=O) groups excluding carboxylic acids is 1. The second kappa shape index (κ2) is 6.66. The maximum atomic E-state index is 12.3. The van der Waals surface area contributed by atoms with Crippen molar-refractivity contribution in [2.24, 2.45) is 0 Å². The van der Waals surface area contributed by atoms with Crippen LogP contribution in [0.2, 0.25) is 5.02 Å². The van der Waals surface area contributed by atoms with Gasteiger partial charge in [-0.15, -0.1) is 0 Å². The third kappa shape index (κ3) is 3.26. The van der Waals surface area contributed by atoms with E-state index in [1.165, 1.54) is 6.20 Å². The largest absolute Gasteiger partial charge is 0.467 e. The first-order chi connectivity index (χ1) is 12.2. The lowest BCUT2D eigenvalue weighted by molar-refractivity contribution is -0.0180. The second-order valence-electron chi connectivity index (χ2n) is 5.48. The fourth-order valence-corrected chi connectivity index (χ4v) is 2.90. The molecule has 0 amide bonds. The average molecular weight is 357 g/mol. The Morgan fingerprint density at radius 1 is 1.24 bits per heavy atom. The fraction of sp³-hybridized carbons (Fsp3) is 0.167. The highest BCUT2D eigenvalue weighted by atomic mass is 35.5. The van der Waals surface area contributed by atoms with Crippen LogP contribution in [0.4, 0.5) is 0 Å². The van der Waals surface area contributed by atoms with Gasteiger partial charge in [-0.05, 0) is 24.3 Å². The van der Waals surface area contributed by atoms with Crippen molar-refractivity contribution in [1.29, 1.82) is 0 Å². The molecule has 0 spiro atoms. The molecule has 0 saturated heterocycles. The molecular weight excluding hydrogens is 344 g/mol. The minimum atomic E-state index is -0.556. The van der Waals surface area contributed by atoms with E-state index >= 15 is 0 Å². The molecular formula is C18H13ClN2O4. The molecule has 0 radical (unpaired) electrons. The van der Waals surface area contributed by atoms with E-state index < -0.39 is 5.97 Å². The van der Waals surface area contributed by atoms with Gasteiger partial charge in [-0.2, -0.15) is 0 Å². The topological polar surface area (TPSA) is 70.5 Å². The Kier molecular flexibility index (Phi) is 4.21. The van der Waals surface area contributed by atoms with Crippen molar-refractivity contribution in [3.63, 3.8) is 0 Å². The highest BCUT2D eigenvalue weighted by molar-refractivity contribution is 6.30. The van der Waals surface area contributed by atoms with Crippen LogP contribution in [0, 0.1) is 0 Å². The predicted octanol–water partition coefficient (Wildman–Crippen LogP) is 3.51. The molecule has 0 atom stereocenters. The summed E-state index contributed by atoms with van der Waals surface area (Å²) in [6.45, 7) is 0.592. The van der Waals surface area contributed by atoms with Crippen molar-refractivity contribution in [3.8, 4) is 5.75 Å². The first-order valence-corrected chi connectivity index (χ1v) is 7.99. The minimum Gasteiger partial charge on any atom is -0.467 e. The van der Waals surface area contributed by atoms with Crippen LogP contribution >= 0.6 is 11.6 Å². The lowest BCUT2D eigenvalue weighted by Gasteiger charge is -2.21. The molecule has 1 aliphatic rings. The summed E-state index contributed by atoms with van der Waals surface area (Å²) in [6.07, 6.45) is 1.41. The first-order valence-electron chi connectivity index (χ1n) is 7.61. The number of ether oxygens (including phenoxy) is 3. The van der Waals surface area contributed by atoms with Gasteiger partial charge in [0.1, 0.15) is 12.4 Å². The Hall–Kier alpha value is -2.70. The number of carbonyl (C=O) groups is 1. The molecule has 0 bridgehead atoms. The van der Waals surface area contributed by atoms with Gasteiger partial charge in [0, 0.05) is 16.1 Å². The summed E-state index contributed by atoms with van der Waals surface area (Å²) in [4.78, 5) is 20.8. The van der Waals surface area contributed by atoms with Gasteiger partial charge < -0.3 is 14.2 Å². The summed E-state index contributed by atoms with van der Waals surface area (Å²) in [5.74, 6) is 0.0899. The quantitative estimate of drug-likeness (QED) is 0.669. The van der Waals surface area contributed by atoms with Gasteiger partial charge in [0.05, 0.1) is 23.8 Å². The maximum absolute atomic E-state index is 12.3. The summed E-state index contributed by atoms with van der Waals surface area (Å²) >= 11 is 6.11. The third-order valence-electron chi connectivity index (χ3n) is 3.77. The predicted molar refractivity (Wildman–Crippen MR) is 90.4 cm³/mol. The van der Waals surface area contributed by atoms with E-state index in [0.29, 0.717) is 28.5 Å². The second-order valence-corrected chi connectivity index (χ2v) is 5.92. The van der Waals surface area contributed by atoms with Crippen LogP contribution in [0.15, 0.2) is 42.6 Å². The van der Waals surface area contributed by atoms with Crippen molar-refractivity contribution in [3.05, 3.63) is 64.4 Å². The van der Waals surface area contributed by atoms with E-state index in [2.05, 4.69) is 9.97 Å². The molecule has 1 aliphatic heterocycles. The highest BCUT2D eigenvalue weighted by Gasteiger charge is 2.18. The van der Waals surface area contributed by atoms with Gasteiger partial charge in [-0.25, -0.2) is 9.78 Å². The van der Waals surface area contributed by atoms with E-state index in [9.17, 15) is 4.79 Å². The molecule has 4 rings (SSSR count).